The Morgan fingerprint density at radius 2 is 1.80 bits per heavy atom. The molecule has 0 fully saturated rings. The Kier molecular flexibility index (Phi) is 3.98. The Balaban J connectivity index is 2.34. The maximum absolute atomic E-state index is 11.2. The van der Waals surface area contributed by atoms with Crippen molar-refractivity contribution in [3.63, 3.8) is 0 Å². The van der Waals surface area contributed by atoms with Gasteiger partial charge in [0.2, 0.25) is 5.82 Å². The van der Waals surface area contributed by atoms with E-state index in [-0.39, 0.29) is 10.6 Å². The van der Waals surface area contributed by atoms with E-state index in [0.29, 0.717) is 17.9 Å². The van der Waals surface area contributed by atoms with Gasteiger partial charge in [-0.1, -0.05) is 30.3 Å². The van der Waals surface area contributed by atoms with Crippen molar-refractivity contribution in [3.8, 4) is 0 Å². The average molecular weight is 271 g/mol. The molecule has 20 heavy (non-hydrogen) atoms. The van der Waals surface area contributed by atoms with Gasteiger partial charge in [0.15, 0.2) is 0 Å². The third-order valence-electron chi connectivity index (χ3n) is 3.45. The van der Waals surface area contributed by atoms with Crippen molar-refractivity contribution in [2.75, 3.05) is 5.32 Å². The molecule has 5 nitrogen and oxygen atoms in total. The van der Waals surface area contributed by atoms with Crippen LogP contribution in [0.3, 0.4) is 0 Å². The largest absolute Gasteiger partial charge is 0.360 e. The third kappa shape index (κ3) is 2.77. The third-order valence-corrected chi connectivity index (χ3v) is 3.45. The number of anilines is 1. The van der Waals surface area contributed by atoms with E-state index < -0.39 is 0 Å². The van der Waals surface area contributed by atoms with Gasteiger partial charge >= 0.3 is 5.69 Å². The molecular weight excluding hydrogens is 254 g/mol. The first kappa shape index (κ1) is 14.0. The van der Waals surface area contributed by atoms with Crippen LogP contribution < -0.4 is 5.32 Å². The highest BCUT2D eigenvalue weighted by atomic mass is 16.6. The summed E-state index contributed by atoms with van der Waals surface area (Å²) in [4.78, 5) is 15.2. The summed E-state index contributed by atoms with van der Waals surface area (Å²) in [5, 5.41) is 14.3. The molecule has 1 aromatic heterocycles. The van der Waals surface area contributed by atoms with Crippen molar-refractivity contribution in [1.82, 2.24) is 4.98 Å². The Morgan fingerprint density at radius 3 is 2.40 bits per heavy atom. The lowest BCUT2D eigenvalue weighted by Gasteiger charge is -2.11. The van der Waals surface area contributed by atoms with Crippen molar-refractivity contribution >= 4 is 11.5 Å². The average Bonchev–Trinajstić information content (AvgIpc) is 2.43. The zero-order chi connectivity index (χ0) is 14.7. The van der Waals surface area contributed by atoms with Gasteiger partial charge in [-0.25, -0.2) is 4.98 Å². The van der Waals surface area contributed by atoms with Gasteiger partial charge in [-0.2, -0.15) is 0 Å². The van der Waals surface area contributed by atoms with Gasteiger partial charge in [-0.05, 0) is 31.9 Å². The summed E-state index contributed by atoms with van der Waals surface area (Å²) in [6.45, 7) is 5.98. The van der Waals surface area contributed by atoms with Gasteiger partial charge in [-0.15, -0.1) is 0 Å². The molecule has 104 valence electrons. The molecule has 0 amide bonds. The van der Waals surface area contributed by atoms with Gasteiger partial charge in [0.1, 0.15) is 0 Å². The van der Waals surface area contributed by atoms with Crippen LogP contribution in [0.1, 0.15) is 22.4 Å². The van der Waals surface area contributed by atoms with Gasteiger partial charge in [0.05, 0.1) is 4.92 Å². The topological polar surface area (TPSA) is 68.1 Å². The normalized spacial score (nSPS) is 10.3. The summed E-state index contributed by atoms with van der Waals surface area (Å²) in [7, 11) is 0. The lowest BCUT2D eigenvalue weighted by Crippen LogP contribution is -2.08. The molecule has 0 aliphatic heterocycles. The van der Waals surface area contributed by atoms with Crippen molar-refractivity contribution in [2.24, 2.45) is 0 Å². The maximum Gasteiger partial charge on any atom is 0.314 e. The van der Waals surface area contributed by atoms with Crippen LogP contribution in [0.5, 0.6) is 0 Å². The molecule has 0 atom stereocenters. The van der Waals surface area contributed by atoms with Gasteiger partial charge in [0.25, 0.3) is 0 Å². The minimum Gasteiger partial charge on any atom is -0.360 e. The summed E-state index contributed by atoms with van der Waals surface area (Å²) in [6.07, 6.45) is 0. The predicted molar refractivity (Wildman–Crippen MR) is 78.9 cm³/mol. The summed E-state index contributed by atoms with van der Waals surface area (Å²) >= 11 is 0. The Morgan fingerprint density at radius 1 is 1.15 bits per heavy atom. The fraction of sp³-hybridized carbons (Fsp3) is 0.267. The van der Waals surface area contributed by atoms with Gasteiger partial charge < -0.3 is 5.32 Å². The SMILES string of the molecule is Cc1nc(NCc2ccccc2)c([N+](=O)[O-])c(C)c1C. The summed E-state index contributed by atoms with van der Waals surface area (Å²) in [6, 6.07) is 9.73. The lowest BCUT2D eigenvalue weighted by atomic mass is 10.1. The molecule has 1 N–H and O–H groups in total. The molecule has 0 bridgehead atoms. The smallest absolute Gasteiger partial charge is 0.314 e. The number of pyridine rings is 1. The number of benzene rings is 1. The van der Waals surface area contributed by atoms with E-state index in [2.05, 4.69) is 10.3 Å². The molecule has 5 heteroatoms. The minimum atomic E-state index is -0.373. The van der Waals surface area contributed by atoms with E-state index in [1.807, 2.05) is 44.2 Å². The van der Waals surface area contributed by atoms with Crippen LogP contribution in [0.25, 0.3) is 0 Å². The number of rotatable bonds is 4. The fourth-order valence-electron chi connectivity index (χ4n) is 2.06. The first-order chi connectivity index (χ1) is 9.50. The quantitative estimate of drug-likeness (QED) is 0.682. The summed E-state index contributed by atoms with van der Waals surface area (Å²) in [5.74, 6) is 0.333. The lowest BCUT2D eigenvalue weighted by molar-refractivity contribution is -0.384. The van der Waals surface area contributed by atoms with Crippen LogP contribution in [0.2, 0.25) is 0 Å². The highest BCUT2D eigenvalue weighted by Crippen LogP contribution is 2.30. The minimum absolute atomic E-state index is 0.0593. The van der Waals surface area contributed by atoms with Crippen LogP contribution in [-0.4, -0.2) is 9.91 Å². The molecule has 0 unspecified atom stereocenters. The standard InChI is InChI=1S/C15H17N3O2/c1-10-11(2)14(18(19)20)15(17-12(10)3)16-9-13-7-5-4-6-8-13/h4-8H,9H2,1-3H3,(H,16,17). The number of nitrogens with one attached hydrogen (secondary N) is 1. The highest BCUT2D eigenvalue weighted by Gasteiger charge is 2.22. The number of hydrogen-bond donors (Lipinski definition) is 1. The zero-order valence-electron chi connectivity index (χ0n) is 11.8. The first-order valence-electron chi connectivity index (χ1n) is 6.40. The Labute approximate surface area is 117 Å². The number of nitro groups is 1. The zero-order valence-corrected chi connectivity index (χ0v) is 11.8. The van der Waals surface area contributed by atoms with Crippen LogP contribution in [-0.2, 0) is 6.54 Å². The monoisotopic (exact) mass is 271 g/mol. The van der Waals surface area contributed by atoms with E-state index in [4.69, 9.17) is 0 Å². The van der Waals surface area contributed by atoms with E-state index in [0.717, 1.165) is 16.8 Å². The number of aryl methyl sites for hydroxylation is 1. The van der Waals surface area contributed by atoms with E-state index in [1.165, 1.54) is 0 Å². The van der Waals surface area contributed by atoms with Crippen molar-refractivity contribution in [1.29, 1.82) is 0 Å². The van der Waals surface area contributed by atoms with E-state index in [1.54, 1.807) is 6.92 Å². The number of aromatic nitrogens is 1. The molecule has 0 saturated heterocycles. The molecule has 0 aliphatic carbocycles. The fourth-order valence-corrected chi connectivity index (χ4v) is 2.06. The molecule has 2 rings (SSSR count). The second-order valence-corrected chi connectivity index (χ2v) is 4.74. The van der Waals surface area contributed by atoms with Crippen molar-refractivity contribution < 1.29 is 4.92 Å². The first-order valence-corrected chi connectivity index (χ1v) is 6.40. The van der Waals surface area contributed by atoms with Crippen molar-refractivity contribution in [2.45, 2.75) is 27.3 Å². The van der Waals surface area contributed by atoms with Gasteiger partial charge in [0, 0.05) is 17.8 Å². The predicted octanol–water partition coefficient (Wildman–Crippen LogP) is 3.53. The molecule has 2 aromatic rings. The Hall–Kier alpha value is -2.43. The van der Waals surface area contributed by atoms with Crippen LogP contribution in [0.4, 0.5) is 11.5 Å². The highest BCUT2D eigenvalue weighted by molar-refractivity contribution is 5.63. The number of hydrogen-bond acceptors (Lipinski definition) is 4. The summed E-state index contributed by atoms with van der Waals surface area (Å²) in [5.41, 5.74) is 3.45. The second kappa shape index (κ2) is 5.69. The van der Waals surface area contributed by atoms with Gasteiger partial charge in [-0.3, -0.25) is 10.1 Å². The second-order valence-electron chi connectivity index (χ2n) is 4.74. The van der Waals surface area contributed by atoms with Crippen molar-refractivity contribution in [3.05, 3.63) is 62.8 Å². The summed E-state index contributed by atoms with van der Waals surface area (Å²) < 4.78 is 0. The molecular formula is C15H17N3O2. The molecule has 0 aliphatic rings. The van der Waals surface area contributed by atoms with E-state index in [9.17, 15) is 10.1 Å². The maximum atomic E-state index is 11.2. The molecule has 1 aromatic carbocycles. The molecule has 1 heterocycles. The molecule has 0 radical (unpaired) electrons. The van der Waals surface area contributed by atoms with E-state index >= 15 is 0 Å². The number of nitrogens with zero attached hydrogens (tertiary/aromatic N) is 2. The Bertz CT molecular complexity index is 639. The van der Waals surface area contributed by atoms with Crippen LogP contribution in [0.15, 0.2) is 30.3 Å². The van der Waals surface area contributed by atoms with Crippen LogP contribution in [0, 0.1) is 30.9 Å². The molecule has 0 saturated carbocycles. The van der Waals surface area contributed by atoms with Crippen LogP contribution >= 0.6 is 0 Å². The molecule has 0 spiro atoms.